The molecule has 0 aliphatic carbocycles. The third-order valence-electron chi connectivity index (χ3n) is 4.12. The van der Waals surface area contributed by atoms with Gasteiger partial charge in [-0.1, -0.05) is 29.0 Å². The first-order chi connectivity index (χ1) is 13.7. The molecule has 9 nitrogen and oxygen atoms in total. The highest BCUT2D eigenvalue weighted by Gasteiger charge is 2.27. The molecular formula is C17H21ClN4O5S2. The molecule has 1 amide bonds. The predicted molar refractivity (Wildman–Crippen MR) is 111 cm³/mol. The highest BCUT2D eigenvalue weighted by Crippen LogP contribution is 2.34. The second-order valence-electron chi connectivity index (χ2n) is 6.42. The van der Waals surface area contributed by atoms with Gasteiger partial charge in [0.05, 0.1) is 5.69 Å². The summed E-state index contributed by atoms with van der Waals surface area (Å²) in [6.07, 6.45) is 0. The summed E-state index contributed by atoms with van der Waals surface area (Å²) in [6, 6.07) is 6.90. The molecule has 1 aromatic carbocycles. The molecule has 1 aliphatic heterocycles. The van der Waals surface area contributed by atoms with Crippen LogP contribution in [-0.4, -0.2) is 68.3 Å². The number of anilines is 1. The number of thiazole rings is 1. The van der Waals surface area contributed by atoms with E-state index in [0.29, 0.717) is 47.7 Å². The number of amides is 1. The molecule has 29 heavy (non-hydrogen) atoms. The fourth-order valence-corrected chi connectivity index (χ4v) is 4.59. The van der Waals surface area contributed by atoms with Gasteiger partial charge >= 0.3 is 10.3 Å². The number of piperazine rings is 1. The third-order valence-corrected chi connectivity index (χ3v) is 6.72. The maximum atomic E-state index is 12.2. The van der Waals surface area contributed by atoms with E-state index in [9.17, 15) is 13.2 Å². The standard InChI is InChI=1S/C17H21ClN4O5S2/c1-12-16(27-14-5-3-4-13(18)10-14)28-17(19-12)20-15(23)11-26-29(24,25)22-8-6-21(2)7-9-22/h3-5,10H,6-9,11H2,1-2H3,(H,19,20,23). The van der Waals surface area contributed by atoms with Crippen molar-refractivity contribution in [2.45, 2.75) is 6.92 Å². The normalized spacial score (nSPS) is 16.0. The summed E-state index contributed by atoms with van der Waals surface area (Å²) in [5, 5.41) is 3.84. The summed E-state index contributed by atoms with van der Waals surface area (Å²) < 4.78 is 36.2. The average Bonchev–Trinajstić information content (AvgIpc) is 2.99. The van der Waals surface area contributed by atoms with Gasteiger partial charge in [-0.05, 0) is 32.2 Å². The van der Waals surface area contributed by atoms with E-state index in [-0.39, 0.29) is 5.13 Å². The molecule has 158 valence electrons. The maximum Gasteiger partial charge on any atom is 0.338 e. The van der Waals surface area contributed by atoms with Crippen molar-refractivity contribution in [1.29, 1.82) is 0 Å². The Morgan fingerprint density at radius 3 is 2.72 bits per heavy atom. The van der Waals surface area contributed by atoms with Crippen LogP contribution in [0.5, 0.6) is 10.8 Å². The van der Waals surface area contributed by atoms with Crippen molar-refractivity contribution >= 4 is 44.3 Å². The first-order valence-corrected chi connectivity index (χ1v) is 11.3. The molecule has 1 aromatic heterocycles. The van der Waals surface area contributed by atoms with Gasteiger partial charge in [0.15, 0.2) is 5.13 Å². The Balaban J connectivity index is 1.54. The second kappa shape index (κ2) is 9.37. The van der Waals surface area contributed by atoms with Crippen molar-refractivity contribution in [3.8, 4) is 10.8 Å². The fourth-order valence-electron chi connectivity index (χ4n) is 2.54. The zero-order chi connectivity index (χ0) is 21.0. The molecule has 1 fully saturated rings. The van der Waals surface area contributed by atoms with Gasteiger partial charge in [-0.25, -0.2) is 9.17 Å². The van der Waals surface area contributed by atoms with Gasteiger partial charge in [0.1, 0.15) is 12.4 Å². The number of carbonyl (C=O) groups is 1. The zero-order valence-electron chi connectivity index (χ0n) is 15.9. The Hall–Kier alpha value is -1.76. The topological polar surface area (TPSA) is 101 Å². The van der Waals surface area contributed by atoms with E-state index >= 15 is 0 Å². The van der Waals surface area contributed by atoms with Crippen molar-refractivity contribution in [1.82, 2.24) is 14.2 Å². The van der Waals surface area contributed by atoms with E-state index in [4.69, 9.17) is 20.5 Å². The molecule has 1 saturated heterocycles. The van der Waals surface area contributed by atoms with Gasteiger partial charge in [-0.15, -0.1) is 0 Å². The lowest BCUT2D eigenvalue weighted by Crippen LogP contribution is -2.47. The molecule has 0 radical (unpaired) electrons. The summed E-state index contributed by atoms with van der Waals surface area (Å²) in [7, 11) is -2.03. The minimum atomic E-state index is -3.95. The fraction of sp³-hybridized carbons (Fsp3) is 0.412. The number of nitrogens with zero attached hydrogens (tertiary/aromatic N) is 3. The molecule has 12 heteroatoms. The smallest absolute Gasteiger partial charge is 0.338 e. The number of hydrogen-bond donors (Lipinski definition) is 1. The molecule has 0 atom stereocenters. The van der Waals surface area contributed by atoms with Crippen LogP contribution in [0.25, 0.3) is 0 Å². The van der Waals surface area contributed by atoms with Crippen molar-refractivity contribution in [2.24, 2.45) is 0 Å². The van der Waals surface area contributed by atoms with E-state index in [1.807, 2.05) is 11.9 Å². The Kier molecular flexibility index (Phi) is 7.09. The van der Waals surface area contributed by atoms with Gasteiger partial charge in [0.2, 0.25) is 5.06 Å². The molecule has 3 rings (SSSR count). The number of aryl methyl sites for hydroxylation is 1. The van der Waals surface area contributed by atoms with Crippen molar-refractivity contribution in [2.75, 3.05) is 45.2 Å². The summed E-state index contributed by atoms with van der Waals surface area (Å²) in [5.74, 6) is -0.0745. The molecule has 1 aliphatic rings. The number of hydrogen-bond acceptors (Lipinski definition) is 8. The summed E-state index contributed by atoms with van der Waals surface area (Å²) >= 11 is 7.06. The lowest BCUT2D eigenvalue weighted by atomic mass is 10.3. The number of ether oxygens (including phenoxy) is 1. The quantitative estimate of drug-likeness (QED) is 0.676. The van der Waals surface area contributed by atoms with Gasteiger partial charge in [0.25, 0.3) is 5.91 Å². The predicted octanol–water partition coefficient (Wildman–Crippen LogP) is 2.34. The number of carbonyl (C=O) groups excluding carboxylic acids is 1. The van der Waals surface area contributed by atoms with Crippen LogP contribution in [0.3, 0.4) is 0 Å². The monoisotopic (exact) mass is 460 g/mol. The number of likely N-dealkylation sites (N-methyl/N-ethyl adjacent to an activating group) is 1. The van der Waals surface area contributed by atoms with Crippen molar-refractivity contribution < 1.29 is 22.1 Å². The Morgan fingerprint density at radius 2 is 2.03 bits per heavy atom. The minimum Gasteiger partial charge on any atom is -0.445 e. The maximum absolute atomic E-state index is 12.2. The zero-order valence-corrected chi connectivity index (χ0v) is 18.3. The van der Waals surface area contributed by atoms with Crippen LogP contribution in [0.2, 0.25) is 5.02 Å². The average molecular weight is 461 g/mol. The highest BCUT2D eigenvalue weighted by molar-refractivity contribution is 7.84. The Morgan fingerprint density at radius 1 is 1.31 bits per heavy atom. The van der Waals surface area contributed by atoms with Crippen LogP contribution in [0.1, 0.15) is 5.69 Å². The van der Waals surface area contributed by atoms with Gasteiger partial charge in [-0.2, -0.15) is 12.7 Å². The molecule has 0 bridgehead atoms. The van der Waals surface area contributed by atoms with Gasteiger partial charge in [-0.3, -0.25) is 10.1 Å². The van der Waals surface area contributed by atoms with E-state index in [2.05, 4.69) is 10.3 Å². The van der Waals surface area contributed by atoms with Crippen LogP contribution < -0.4 is 10.1 Å². The first kappa shape index (κ1) is 21.9. The Labute approximate surface area is 178 Å². The molecule has 0 unspecified atom stereocenters. The van der Waals surface area contributed by atoms with E-state index in [1.165, 1.54) is 4.31 Å². The van der Waals surface area contributed by atoms with Gasteiger partial charge in [0, 0.05) is 31.2 Å². The molecular weight excluding hydrogens is 440 g/mol. The molecule has 1 N–H and O–H groups in total. The lowest BCUT2D eigenvalue weighted by molar-refractivity contribution is -0.118. The summed E-state index contributed by atoms with van der Waals surface area (Å²) in [4.78, 5) is 18.3. The first-order valence-electron chi connectivity index (χ1n) is 8.77. The van der Waals surface area contributed by atoms with E-state index < -0.39 is 22.8 Å². The van der Waals surface area contributed by atoms with E-state index in [0.717, 1.165) is 11.3 Å². The van der Waals surface area contributed by atoms with Gasteiger partial charge < -0.3 is 9.64 Å². The number of nitrogens with one attached hydrogen (secondary N) is 1. The molecule has 0 saturated carbocycles. The van der Waals surface area contributed by atoms with Crippen molar-refractivity contribution in [3.63, 3.8) is 0 Å². The summed E-state index contributed by atoms with van der Waals surface area (Å²) in [6.45, 7) is 3.00. The van der Waals surface area contributed by atoms with Crippen molar-refractivity contribution in [3.05, 3.63) is 35.0 Å². The Bertz CT molecular complexity index is 974. The minimum absolute atomic E-state index is 0.283. The van der Waals surface area contributed by atoms with Crippen LogP contribution in [0.15, 0.2) is 24.3 Å². The second-order valence-corrected chi connectivity index (χ2v) is 9.43. The lowest BCUT2D eigenvalue weighted by Gasteiger charge is -2.30. The third kappa shape index (κ3) is 6.11. The number of rotatable bonds is 7. The molecule has 2 aromatic rings. The molecule has 2 heterocycles. The largest absolute Gasteiger partial charge is 0.445 e. The number of aromatic nitrogens is 1. The van der Waals surface area contributed by atoms with Crippen LogP contribution in [0, 0.1) is 6.92 Å². The van der Waals surface area contributed by atoms with E-state index in [1.54, 1.807) is 31.2 Å². The van der Waals surface area contributed by atoms with Crippen LogP contribution >= 0.6 is 22.9 Å². The SMILES string of the molecule is Cc1nc(NC(=O)COS(=O)(=O)N2CCN(C)CC2)sc1Oc1cccc(Cl)c1. The molecule has 0 spiro atoms. The highest BCUT2D eigenvalue weighted by atomic mass is 35.5. The van der Waals surface area contributed by atoms with Crippen LogP contribution in [0.4, 0.5) is 5.13 Å². The number of halogens is 1. The summed E-state index contributed by atoms with van der Waals surface area (Å²) in [5.41, 5.74) is 0.580. The number of benzene rings is 1. The van der Waals surface area contributed by atoms with Crippen LogP contribution in [-0.2, 0) is 19.3 Å².